The van der Waals surface area contributed by atoms with Gasteiger partial charge in [-0.25, -0.2) is 4.98 Å². The predicted octanol–water partition coefficient (Wildman–Crippen LogP) is 6.01. The van der Waals surface area contributed by atoms with Gasteiger partial charge in [0.2, 0.25) is 5.95 Å². The summed E-state index contributed by atoms with van der Waals surface area (Å²) >= 11 is 7.75. The van der Waals surface area contributed by atoms with Crippen molar-refractivity contribution >= 4 is 40.1 Å². The van der Waals surface area contributed by atoms with Crippen molar-refractivity contribution < 1.29 is 22.6 Å². The number of rotatable bonds is 4. The lowest BCUT2D eigenvalue weighted by Crippen LogP contribution is -2.16. The summed E-state index contributed by atoms with van der Waals surface area (Å²) in [6, 6.07) is 13.1. The highest BCUT2D eigenvalue weighted by Gasteiger charge is 2.31. The quantitative estimate of drug-likeness (QED) is 0.375. The van der Waals surface area contributed by atoms with Crippen LogP contribution in [0.4, 0.5) is 19.1 Å². The maximum Gasteiger partial charge on any atom is 0.573 e. The molecule has 11 heteroatoms. The molecule has 0 amide bonds. The SMILES string of the molecule is Nc1nc(Sc2ccc(OC(F)(F)F)cc2)nc(-c2c(Cl)cc3c4c(cccc24)COC3)n1. The first kappa shape index (κ1) is 21.7. The predicted molar refractivity (Wildman–Crippen MR) is 118 cm³/mol. The highest BCUT2D eigenvalue weighted by atomic mass is 35.5. The van der Waals surface area contributed by atoms with Crippen LogP contribution in [0.5, 0.6) is 5.75 Å². The Balaban J connectivity index is 1.52. The molecular formula is C22H14ClF3N4O2S. The van der Waals surface area contributed by atoms with Gasteiger partial charge in [0.25, 0.3) is 0 Å². The normalized spacial score (nSPS) is 13.3. The largest absolute Gasteiger partial charge is 0.573 e. The second-order valence-electron chi connectivity index (χ2n) is 7.15. The number of halogens is 4. The number of hydrogen-bond donors (Lipinski definition) is 1. The zero-order valence-electron chi connectivity index (χ0n) is 16.7. The molecule has 1 aliphatic rings. The number of alkyl halides is 3. The molecule has 2 N–H and O–H groups in total. The van der Waals surface area contributed by atoms with Crippen molar-refractivity contribution in [3.8, 4) is 17.1 Å². The average molecular weight is 491 g/mol. The van der Waals surface area contributed by atoms with Crippen LogP contribution in [0.15, 0.2) is 58.6 Å². The molecule has 4 aromatic rings. The van der Waals surface area contributed by atoms with Gasteiger partial charge >= 0.3 is 6.36 Å². The van der Waals surface area contributed by atoms with Gasteiger partial charge < -0.3 is 15.2 Å². The van der Waals surface area contributed by atoms with Crippen molar-refractivity contribution in [2.75, 3.05) is 5.73 Å². The molecule has 0 aliphatic carbocycles. The van der Waals surface area contributed by atoms with Gasteiger partial charge in [-0.05, 0) is 64.0 Å². The van der Waals surface area contributed by atoms with E-state index in [1.807, 2.05) is 24.3 Å². The molecule has 2 heterocycles. The molecule has 0 saturated carbocycles. The first-order chi connectivity index (χ1) is 15.8. The Hall–Kier alpha value is -3.08. The lowest BCUT2D eigenvalue weighted by molar-refractivity contribution is -0.274. The highest BCUT2D eigenvalue weighted by molar-refractivity contribution is 7.99. The number of aromatic nitrogens is 3. The Bertz CT molecular complexity index is 1370. The Labute approximate surface area is 194 Å². The van der Waals surface area contributed by atoms with Crippen molar-refractivity contribution in [3.05, 3.63) is 64.7 Å². The van der Waals surface area contributed by atoms with Gasteiger partial charge in [0.05, 0.1) is 18.2 Å². The van der Waals surface area contributed by atoms with Crippen LogP contribution in [0.1, 0.15) is 11.1 Å². The van der Waals surface area contributed by atoms with Gasteiger partial charge in [-0.1, -0.05) is 29.8 Å². The Morgan fingerprint density at radius 3 is 2.52 bits per heavy atom. The van der Waals surface area contributed by atoms with E-state index in [1.54, 1.807) is 0 Å². The van der Waals surface area contributed by atoms with Gasteiger partial charge in [-0.15, -0.1) is 13.2 Å². The summed E-state index contributed by atoms with van der Waals surface area (Å²) in [7, 11) is 0. The molecule has 5 rings (SSSR count). The van der Waals surface area contributed by atoms with Crippen LogP contribution in [0.2, 0.25) is 5.02 Å². The summed E-state index contributed by atoms with van der Waals surface area (Å²) in [6.07, 6.45) is -4.75. The summed E-state index contributed by atoms with van der Waals surface area (Å²) < 4.78 is 46.6. The molecule has 0 fully saturated rings. The van der Waals surface area contributed by atoms with E-state index in [0.717, 1.165) is 33.7 Å². The van der Waals surface area contributed by atoms with E-state index in [0.29, 0.717) is 34.5 Å². The van der Waals surface area contributed by atoms with Crippen LogP contribution in [-0.2, 0) is 18.0 Å². The molecular weight excluding hydrogens is 477 g/mol. The third kappa shape index (κ3) is 4.54. The number of anilines is 1. The lowest BCUT2D eigenvalue weighted by Gasteiger charge is -2.20. The Morgan fingerprint density at radius 1 is 1.00 bits per heavy atom. The van der Waals surface area contributed by atoms with E-state index in [4.69, 9.17) is 22.1 Å². The minimum Gasteiger partial charge on any atom is -0.406 e. The Morgan fingerprint density at radius 2 is 1.76 bits per heavy atom. The van der Waals surface area contributed by atoms with Crippen LogP contribution in [0.3, 0.4) is 0 Å². The van der Waals surface area contributed by atoms with Crippen LogP contribution < -0.4 is 10.5 Å². The maximum atomic E-state index is 12.4. The topological polar surface area (TPSA) is 83.2 Å². The smallest absolute Gasteiger partial charge is 0.406 e. The Kier molecular flexibility index (Phi) is 5.51. The van der Waals surface area contributed by atoms with Crippen LogP contribution >= 0.6 is 23.4 Å². The monoisotopic (exact) mass is 490 g/mol. The molecule has 0 radical (unpaired) electrons. The van der Waals surface area contributed by atoms with E-state index in [2.05, 4.69) is 19.7 Å². The number of hydrogen-bond acceptors (Lipinski definition) is 7. The van der Waals surface area contributed by atoms with Crippen molar-refractivity contribution in [1.29, 1.82) is 0 Å². The van der Waals surface area contributed by atoms with Crippen LogP contribution in [0.25, 0.3) is 22.2 Å². The molecule has 0 spiro atoms. The fourth-order valence-corrected chi connectivity index (χ4v) is 4.76. The van der Waals surface area contributed by atoms with E-state index >= 15 is 0 Å². The van der Waals surface area contributed by atoms with Gasteiger partial charge in [-0.3, -0.25) is 0 Å². The van der Waals surface area contributed by atoms with Gasteiger partial charge in [-0.2, -0.15) is 9.97 Å². The minimum atomic E-state index is -4.75. The third-order valence-corrected chi connectivity index (χ3v) is 6.09. The molecule has 0 bridgehead atoms. The molecule has 0 saturated heterocycles. The third-order valence-electron chi connectivity index (χ3n) is 4.92. The highest BCUT2D eigenvalue weighted by Crippen LogP contribution is 2.40. The number of nitrogen functional groups attached to an aromatic ring is 1. The van der Waals surface area contributed by atoms with Gasteiger partial charge in [0.1, 0.15) is 5.75 Å². The zero-order valence-corrected chi connectivity index (χ0v) is 18.3. The summed E-state index contributed by atoms with van der Waals surface area (Å²) in [5.41, 5.74) is 8.61. The molecule has 168 valence electrons. The number of benzene rings is 3. The average Bonchev–Trinajstić information content (AvgIpc) is 2.74. The molecule has 1 aliphatic heterocycles. The van der Waals surface area contributed by atoms with Crippen LogP contribution in [0, 0.1) is 0 Å². The zero-order chi connectivity index (χ0) is 23.2. The summed E-state index contributed by atoms with van der Waals surface area (Å²) in [5.74, 6) is -0.0103. The fraction of sp³-hybridized carbons (Fsp3) is 0.136. The van der Waals surface area contributed by atoms with Crippen molar-refractivity contribution in [2.24, 2.45) is 0 Å². The molecule has 3 aromatic carbocycles. The summed E-state index contributed by atoms with van der Waals surface area (Å²) in [4.78, 5) is 13.6. The van der Waals surface area contributed by atoms with Crippen molar-refractivity contribution in [3.63, 3.8) is 0 Å². The summed E-state index contributed by atoms with van der Waals surface area (Å²) in [6.45, 7) is 0.960. The van der Waals surface area contributed by atoms with Crippen LogP contribution in [-0.4, -0.2) is 21.3 Å². The second-order valence-corrected chi connectivity index (χ2v) is 8.59. The summed E-state index contributed by atoms with van der Waals surface area (Å²) in [5, 5.41) is 2.67. The van der Waals surface area contributed by atoms with E-state index in [1.165, 1.54) is 24.3 Å². The second kappa shape index (κ2) is 8.36. The minimum absolute atomic E-state index is 0.000555. The molecule has 33 heavy (non-hydrogen) atoms. The number of nitrogens with zero attached hydrogens (tertiary/aromatic N) is 3. The van der Waals surface area contributed by atoms with E-state index in [-0.39, 0.29) is 16.9 Å². The fourth-order valence-electron chi connectivity index (χ4n) is 3.69. The first-order valence-corrected chi connectivity index (χ1v) is 10.8. The lowest BCUT2D eigenvalue weighted by atomic mass is 9.94. The van der Waals surface area contributed by atoms with Gasteiger partial charge in [0, 0.05) is 10.5 Å². The first-order valence-electron chi connectivity index (χ1n) is 9.63. The molecule has 0 atom stereocenters. The molecule has 1 aromatic heterocycles. The molecule has 6 nitrogen and oxygen atoms in total. The number of nitrogens with two attached hydrogens (primary N) is 1. The van der Waals surface area contributed by atoms with Crippen molar-refractivity contribution in [1.82, 2.24) is 15.0 Å². The molecule has 0 unspecified atom stereocenters. The maximum absolute atomic E-state index is 12.4. The van der Waals surface area contributed by atoms with E-state index in [9.17, 15) is 13.2 Å². The van der Waals surface area contributed by atoms with Gasteiger partial charge in [0.15, 0.2) is 11.0 Å². The number of ether oxygens (including phenoxy) is 2. The van der Waals surface area contributed by atoms with Crippen molar-refractivity contribution in [2.45, 2.75) is 29.6 Å². The standard InChI is InChI=1S/C22H14ClF3N4O2S/c23-16-8-12-10-31-9-11-2-1-3-15(17(11)12)18(16)19-28-20(27)30-21(29-19)33-14-6-4-13(5-7-14)32-22(24,25)26/h1-8H,9-10H2,(H2,27,28,29,30). The van der Waals surface area contributed by atoms with E-state index < -0.39 is 6.36 Å².